The van der Waals surface area contributed by atoms with Crippen LogP contribution in [0.15, 0.2) is 24.4 Å². The number of nitrogens with zero attached hydrogens (tertiary/aromatic N) is 4. The number of hydrogen-bond acceptors (Lipinski definition) is 3. The van der Waals surface area contributed by atoms with Crippen LogP contribution in [-0.2, 0) is 11.3 Å². The van der Waals surface area contributed by atoms with E-state index in [2.05, 4.69) is 5.10 Å². The molecule has 1 aromatic heterocycles. The average molecular weight is 330 g/mol. The summed E-state index contributed by atoms with van der Waals surface area (Å²) in [6, 6.07) is 4.90. The molecular formula is C17H16F2N4O. The maximum atomic E-state index is 13.8. The number of carbonyl (C=O) groups is 1. The third-order valence-electron chi connectivity index (χ3n) is 4.24. The quantitative estimate of drug-likeness (QED) is 0.869. The first-order valence-electron chi connectivity index (χ1n) is 7.68. The summed E-state index contributed by atoms with van der Waals surface area (Å²) in [6.07, 6.45) is 2.94. The van der Waals surface area contributed by atoms with Crippen LogP contribution < -0.4 is 0 Å². The molecule has 7 heteroatoms. The maximum Gasteiger partial charge on any atom is 0.247 e. The molecule has 0 spiro atoms. The smallest absolute Gasteiger partial charge is 0.247 e. The Kier molecular flexibility index (Phi) is 4.30. The summed E-state index contributed by atoms with van der Waals surface area (Å²) in [5, 5.41) is 13.3. The van der Waals surface area contributed by atoms with E-state index in [4.69, 9.17) is 5.26 Å². The third kappa shape index (κ3) is 3.00. The Balaban J connectivity index is 1.81. The molecule has 0 bridgehead atoms. The van der Waals surface area contributed by atoms with Gasteiger partial charge in [0.1, 0.15) is 23.7 Å². The van der Waals surface area contributed by atoms with Gasteiger partial charge in [-0.2, -0.15) is 10.4 Å². The van der Waals surface area contributed by atoms with Crippen molar-refractivity contribution in [3.63, 3.8) is 0 Å². The van der Waals surface area contributed by atoms with Gasteiger partial charge < -0.3 is 4.90 Å². The van der Waals surface area contributed by atoms with E-state index in [1.165, 1.54) is 16.8 Å². The van der Waals surface area contributed by atoms with Crippen LogP contribution in [-0.4, -0.2) is 27.1 Å². The van der Waals surface area contributed by atoms with E-state index in [9.17, 15) is 13.6 Å². The second-order valence-electron chi connectivity index (χ2n) is 5.87. The van der Waals surface area contributed by atoms with E-state index in [1.54, 1.807) is 18.0 Å². The van der Waals surface area contributed by atoms with Gasteiger partial charge in [0.25, 0.3) is 0 Å². The predicted molar refractivity (Wildman–Crippen MR) is 81.7 cm³/mol. The number of aromatic nitrogens is 2. The molecule has 0 saturated carbocycles. The fraction of sp³-hybridized carbons (Fsp3) is 0.353. The molecule has 1 saturated heterocycles. The molecule has 1 aliphatic heterocycles. The number of rotatable bonds is 3. The standard InChI is InChI=1S/C17H16F2N4O/c1-11-13(8-20)10-23(21-11)16-3-2-6-22(17(16)24)9-12-4-5-14(18)7-15(12)19/h4-5,7,10,16H,2-3,6,9H2,1H3. The molecule has 0 radical (unpaired) electrons. The Labute approximate surface area is 138 Å². The van der Waals surface area contributed by atoms with Crippen molar-refractivity contribution in [2.24, 2.45) is 0 Å². The minimum atomic E-state index is -0.661. The summed E-state index contributed by atoms with van der Waals surface area (Å²) in [5.74, 6) is -1.47. The molecule has 0 N–H and O–H groups in total. The van der Waals surface area contributed by atoms with Gasteiger partial charge in [0.2, 0.25) is 5.91 Å². The van der Waals surface area contributed by atoms with Crippen LogP contribution >= 0.6 is 0 Å². The number of benzene rings is 1. The molecule has 2 heterocycles. The first kappa shape index (κ1) is 16.1. The van der Waals surface area contributed by atoms with E-state index < -0.39 is 17.7 Å². The van der Waals surface area contributed by atoms with Crippen molar-refractivity contribution in [3.05, 3.63) is 52.9 Å². The van der Waals surface area contributed by atoms with Gasteiger partial charge >= 0.3 is 0 Å². The summed E-state index contributed by atoms with van der Waals surface area (Å²) >= 11 is 0. The molecule has 24 heavy (non-hydrogen) atoms. The summed E-state index contributed by atoms with van der Waals surface area (Å²) < 4.78 is 28.3. The number of carbonyl (C=O) groups excluding carboxylic acids is 1. The van der Waals surface area contributed by atoms with Crippen LogP contribution in [0.5, 0.6) is 0 Å². The van der Waals surface area contributed by atoms with Crippen molar-refractivity contribution in [2.45, 2.75) is 32.4 Å². The minimum Gasteiger partial charge on any atom is -0.336 e. The van der Waals surface area contributed by atoms with E-state index in [-0.39, 0.29) is 18.0 Å². The summed E-state index contributed by atoms with van der Waals surface area (Å²) in [6.45, 7) is 2.32. The van der Waals surface area contributed by atoms with Crippen molar-refractivity contribution in [2.75, 3.05) is 6.54 Å². The molecule has 5 nitrogen and oxygen atoms in total. The highest BCUT2D eigenvalue weighted by atomic mass is 19.1. The number of halogens is 2. The number of aryl methyl sites for hydroxylation is 1. The van der Waals surface area contributed by atoms with Gasteiger partial charge in [-0.15, -0.1) is 0 Å². The molecule has 0 aliphatic carbocycles. The summed E-state index contributed by atoms with van der Waals surface area (Å²) in [7, 11) is 0. The van der Waals surface area contributed by atoms with E-state index >= 15 is 0 Å². The molecule has 1 atom stereocenters. The summed E-state index contributed by atoms with van der Waals surface area (Å²) in [5.41, 5.74) is 1.29. The van der Waals surface area contributed by atoms with Gasteiger partial charge in [-0.25, -0.2) is 8.78 Å². The molecule has 3 rings (SSSR count). The Morgan fingerprint density at radius 3 is 2.88 bits per heavy atom. The molecule has 1 unspecified atom stereocenters. The molecule has 1 amide bonds. The lowest BCUT2D eigenvalue weighted by Gasteiger charge is -2.32. The lowest BCUT2D eigenvalue weighted by atomic mass is 10.0. The van der Waals surface area contributed by atoms with Gasteiger partial charge in [-0.05, 0) is 25.8 Å². The first-order valence-corrected chi connectivity index (χ1v) is 7.68. The zero-order chi connectivity index (χ0) is 17.3. The number of amides is 1. The van der Waals surface area contributed by atoms with Crippen molar-refractivity contribution in [1.82, 2.24) is 14.7 Å². The molecule has 124 valence electrons. The van der Waals surface area contributed by atoms with Crippen LogP contribution in [0.4, 0.5) is 8.78 Å². The van der Waals surface area contributed by atoms with E-state index in [0.29, 0.717) is 24.2 Å². The van der Waals surface area contributed by atoms with Crippen LogP contribution in [0, 0.1) is 29.9 Å². The largest absolute Gasteiger partial charge is 0.336 e. The Bertz CT molecular complexity index is 824. The number of likely N-dealkylation sites (tertiary alicyclic amines) is 1. The fourth-order valence-electron chi connectivity index (χ4n) is 2.93. The van der Waals surface area contributed by atoms with Crippen molar-refractivity contribution in [1.29, 1.82) is 5.26 Å². The zero-order valence-corrected chi connectivity index (χ0v) is 13.2. The normalized spacial score (nSPS) is 17.8. The van der Waals surface area contributed by atoms with Crippen LogP contribution in [0.1, 0.15) is 35.7 Å². The van der Waals surface area contributed by atoms with Crippen LogP contribution in [0.25, 0.3) is 0 Å². The highest BCUT2D eigenvalue weighted by Gasteiger charge is 2.31. The monoisotopic (exact) mass is 330 g/mol. The van der Waals surface area contributed by atoms with Crippen molar-refractivity contribution in [3.8, 4) is 6.07 Å². The molecule has 1 aromatic carbocycles. The molecular weight excluding hydrogens is 314 g/mol. The number of piperidine rings is 1. The first-order chi connectivity index (χ1) is 11.5. The Morgan fingerprint density at radius 1 is 1.42 bits per heavy atom. The SMILES string of the molecule is Cc1nn(C2CCCN(Cc3ccc(F)cc3F)C2=O)cc1C#N. The lowest BCUT2D eigenvalue weighted by Crippen LogP contribution is -2.42. The molecule has 1 aliphatic rings. The minimum absolute atomic E-state index is 0.0901. The maximum absolute atomic E-state index is 13.8. The highest BCUT2D eigenvalue weighted by Crippen LogP contribution is 2.25. The summed E-state index contributed by atoms with van der Waals surface area (Å²) in [4.78, 5) is 14.3. The topological polar surface area (TPSA) is 61.9 Å². The van der Waals surface area contributed by atoms with Gasteiger partial charge in [-0.3, -0.25) is 9.48 Å². The van der Waals surface area contributed by atoms with Gasteiger partial charge in [-0.1, -0.05) is 6.07 Å². The van der Waals surface area contributed by atoms with Gasteiger partial charge in [0.15, 0.2) is 0 Å². The number of hydrogen-bond donors (Lipinski definition) is 0. The van der Waals surface area contributed by atoms with E-state index in [0.717, 1.165) is 12.5 Å². The van der Waals surface area contributed by atoms with Gasteiger partial charge in [0, 0.05) is 30.9 Å². The van der Waals surface area contributed by atoms with Crippen LogP contribution in [0.3, 0.4) is 0 Å². The van der Waals surface area contributed by atoms with Gasteiger partial charge in [0.05, 0.1) is 11.3 Å². The second kappa shape index (κ2) is 6.40. The fourth-order valence-corrected chi connectivity index (χ4v) is 2.93. The van der Waals surface area contributed by atoms with Crippen molar-refractivity contribution >= 4 is 5.91 Å². The van der Waals surface area contributed by atoms with E-state index in [1.807, 2.05) is 6.07 Å². The third-order valence-corrected chi connectivity index (χ3v) is 4.24. The van der Waals surface area contributed by atoms with Crippen LogP contribution in [0.2, 0.25) is 0 Å². The Hall–Kier alpha value is -2.75. The molecule has 1 fully saturated rings. The number of nitriles is 1. The Morgan fingerprint density at radius 2 is 2.21 bits per heavy atom. The highest BCUT2D eigenvalue weighted by molar-refractivity contribution is 5.81. The molecule has 2 aromatic rings. The predicted octanol–water partition coefficient (Wildman–Crippen LogP) is 2.71. The second-order valence-corrected chi connectivity index (χ2v) is 5.87. The average Bonchev–Trinajstić information content (AvgIpc) is 2.92. The zero-order valence-electron chi connectivity index (χ0n) is 13.2. The van der Waals surface area contributed by atoms with Crippen molar-refractivity contribution < 1.29 is 13.6 Å². The lowest BCUT2D eigenvalue weighted by molar-refractivity contribution is -0.138.